The maximum atomic E-state index is 12.2. The molecule has 1 aromatic rings. The van der Waals surface area contributed by atoms with Gasteiger partial charge in [0.15, 0.2) is 6.61 Å². The first-order chi connectivity index (χ1) is 10.7. The van der Waals surface area contributed by atoms with Crippen LogP contribution in [0.4, 0.5) is 0 Å². The number of nitrogens with zero attached hydrogens (tertiary/aromatic N) is 1. The van der Waals surface area contributed by atoms with Crippen LogP contribution in [0.1, 0.15) is 25.7 Å². The van der Waals surface area contributed by atoms with Crippen molar-refractivity contribution in [3.8, 4) is 5.75 Å². The second-order valence-corrected chi connectivity index (χ2v) is 6.60. The molecule has 2 fully saturated rings. The quantitative estimate of drug-likeness (QED) is 0.926. The molecule has 0 aromatic heterocycles. The average molecular weight is 323 g/mol. The first-order valence-electron chi connectivity index (χ1n) is 8.12. The Morgan fingerprint density at radius 2 is 1.95 bits per heavy atom. The van der Waals surface area contributed by atoms with Crippen LogP contribution in [0.15, 0.2) is 24.3 Å². The molecule has 120 valence electrons. The molecule has 22 heavy (non-hydrogen) atoms. The largest absolute Gasteiger partial charge is 0.484 e. The lowest BCUT2D eigenvalue weighted by molar-refractivity contribution is -0.134. The van der Waals surface area contributed by atoms with Gasteiger partial charge in [-0.2, -0.15) is 0 Å². The first-order valence-corrected chi connectivity index (χ1v) is 8.50. The van der Waals surface area contributed by atoms with Crippen molar-refractivity contribution in [2.45, 2.75) is 31.7 Å². The van der Waals surface area contributed by atoms with Crippen LogP contribution in [0, 0.1) is 5.92 Å². The van der Waals surface area contributed by atoms with Crippen molar-refractivity contribution in [2.75, 3.05) is 26.2 Å². The van der Waals surface area contributed by atoms with E-state index in [1.54, 1.807) is 24.3 Å². The van der Waals surface area contributed by atoms with Crippen molar-refractivity contribution in [1.29, 1.82) is 0 Å². The van der Waals surface area contributed by atoms with Crippen LogP contribution < -0.4 is 10.1 Å². The molecular formula is C17H23ClN2O2. The minimum absolute atomic E-state index is 0.0766. The van der Waals surface area contributed by atoms with Gasteiger partial charge in [-0.15, -0.1) is 0 Å². The molecule has 2 aliphatic rings. The molecule has 0 spiro atoms. The summed E-state index contributed by atoms with van der Waals surface area (Å²) in [4.78, 5) is 14.2. The number of amides is 1. The van der Waals surface area contributed by atoms with Crippen LogP contribution in [-0.2, 0) is 4.79 Å². The molecule has 1 unspecified atom stereocenters. The van der Waals surface area contributed by atoms with Crippen LogP contribution in [-0.4, -0.2) is 43.1 Å². The number of likely N-dealkylation sites (tertiary alicyclic amines) is 1. The van der Waals surface area contributed by atoms with E-state index in [0.29, 0.717) is 16.8 Å². The third-order valence-corrected chi connectivity index (χ3v) is 4.99. The molecular weight excluding hydrogens is 300 g/mol. The minimum atomic E-state index is 0.0766. The zero-order valence-corrected chi connectivity index (χ0v) is 13.5. The van der Waals surface area contributed by atoms with Crippen molar-refractivity contribution < 1.29 is 9.53 Å². The van der Waals surface area contributed by atoms with Crippen molar-refractivity contribution in [3.63, 3.8) is 0 Å². The topological polar surface area (TPSA) is 41.6 Å². The van der Waals surface area contributed by atoms with Gasteiger partial charge in [-0.3, -0.25) is 4.79 Å². The van der Waals surface area contributed by atoms with Crippen LogP contribution in [0.25, 0.3) is 0 Å². The SMILES string of the molecule is O=C(COc1ccc(Cl)cc1)N1CCC(C2CCCN2)CC1. The molecule has 3 rings (SSSR count). The Hall–Kier alpha value is -1.26. The number of nitrogens with one attached hydrogen (secondary N) is 1. The van der Waals surface area contributed by atoms with E-state index in [4.69, 9.17) is 16.3 Å². The van der Waals surface area contributed by atoms with Crippen LogP contribution >= 0.6 is 11.6 Å². The van der Waals surface area contributed by atoms with Gasteiger partial charge in [0.1, 0.15) is 5.75 Å². The molecule has 0 saturated carbocycles. The lowest BCUT2D eigenvalue weighted by Gasteiger charge is -2.34. The molecule has 1 N–H and O–H groups in total. The Labute approximate surface area is 136 Å². The lowest BCUT2D eigenvalue weighted by Crippen LogP contribution is -2.44. The van der Waals surface area contributed by atoms with Gasteiger partial charge in [-0.1, -0.05) is 11.6 Å². The van der Waals surface area contributed by atoms with Crippen molar-refractivity contribution in [1.82, 2.24) is 10.2 Å². The molecule has 1 amide bonds. The van der Waals surface area contributed by atoms with E-state index in [0.717, 1.165) is 38.4 Å². The molecule has 0 bridgehead atoms. The molecule has 4 nitrogen and oxygen atoms in total. The predicted molar refractivity (Wildman–Crippen MR) is 87.3 cm³/mol. The molecule has 5 heteroatoms. The number of rotatable bonds is 4. The third kappa shape index (κ3) is 3.93. The molecule has 1 aromatic carbocycles. The highest BCUT2D eigenvalue weighted by Gasteiger charge is 2.29. The number of hydrogen-bond acceptors (Lipinski definition) is 3. The first kappa shape index (κ1) is 15.6. The number of carbonyl (C=O) groups is 1. The number of ether oxygens (including phenoxy) is 1. The summed E-state index contributed by atoms with van der Waals surface area (Å²) in [5.74, 6) is 1.49. The fourth-order valence-electron chi connectivity index (χ4n) is 3.43. The van der Waals surface area contributed by atoms with E-state index in [1.165, 1.54) is 12.8 Å². The van der Waals surface area contributed by atoms with Gasteiger partial charge in [0, 0.05) is 24.2 Å². The Kier molecular flexibility index (Phi) is 5.21. The summed E-state index contributed by atoms with van der Waals surface area (Å²) in [6.45, 7) is 2.96. The summed E-state index contributed by atoms with van der Waals surface area (Å²) in [5.41, 5.74) is 0. The van der Waals surface area contributed by atoms with Crippen LogP contribution in [0.3, 0.4) is 0 Å². The van der Waals surface area contributed by atoms with Gasteiger partial charge in [0.05, 0.1) is 0 Å². The Morgan fingerprint density at radius 3 is 2.59 bits per heavy atom. The second-order valence-electron chi connectivity index (χ2n) is 6.16. The zero-order valence-electron chi connectivity index (χ0n) is 12.8. The summed E-state index contributed by atoms with van der Waals surface area (Å²) in [7, 11) is 0. The highest BCUT2D eigenvalue weighted by molar-refractivity contribution is 6.30. The third-order valence-electron chi connectivity index (χ3n) is 4.74. The van der Waals surface area contributed by atoms with Gasteiger partial charge >= 0.3 is 0 Å². The summed E-state index contributed by atoms with van der Waals surface area (Å²) in [6.07, 6.45) is 4.78. The predicted octanol–water partition coefficient (Wildman–Crippen LogP) is 2.71. The monoisotopic (exact) mass is 322 g/mol. The van der Waals surface area contributed by atoms with Crippen molar-refractivity contribution >= 4 is 17.5 Å². The van der Waals surface area contributed by atoms with Crippen molar-refractivity contribution in [3.05, 3.63) is 29.3 Å². The summed E-state index contributed by atoms with van der Waals surface area (Å²) in [6, 6.07) is 7.77. The highest BCUT2D eigenvalue weighted by Crippen LogP contribution is 2.25. The van der Waals surface area contributed by atoms with Crippen molar-refractivity contribution in [2.24, 2.45) is 5.92 Å². The smallest absolute Gasteiger partial charge is 0.260 e. The van der Waals surface area contributed by atoms with Gasteiger partial charge < -0.3 is 15.0 Å². The molecule has 2 heterocycles. The second kappa shape index (κ2) is 7.34. The number of halogens is 1. The van der Waals surface area contributed by atoms with E-state index in [2.05, 4.69) is 5.32 Å². The van der Waals surface area contributed by atoms with Gasteiger partial charge in [-0.25, -0.2) is 0 Å². The average Bonchev–Trinajstić information content (AvgIpc) is 3.09. The fourth-order valence-corrected chi connectivity index (χ4v) is 3.56. The van der Waals surface area contributed by atoms with E-state index in [1.807, 2.05) is 4.90 Å². The molecule has 0 aliphatic carbocycles. The fraction of sp³-hybridized carbons (Fsp3) is 0.588. The maximum absolute atomic E-state index is 12.2. The molecule has 2 aliphatic heterocycles. The summed E-state index contributed by atoms with van der Waals surface area (Å²) >= 11 is 5.83. The Balaban J connectivity index is 1.42. The normalized spacial score (nSPS) is 22.8. The maximum Gasteiger partial charge on any atom is 0.260 e. The van der Waals surface area contributed by atoms with E-state index >= 15 is 0 Å². The number of hydrogen-bond donors (Lipinski definition) is 1. The van der Waals surface area contributed by atoms with E-state index < -0.39 is 0 Å². The number of benzene rings is 1. The number of piperidine rings is 1. The lowest BCUT2D eigenvalue weighted by atomic mass is 9.88. The standard InChI is InChI=1S/C17H23ClN2O2/c18-14-3-5-15(6-4-14)22-12-17(21)20-10-7-13(8-11-20)16-2-1-9-19-16/h3-6,13,16,19H,1-2,7-12H2. The van der Waals surface area contributed by atoms with Gasteiger partial charge in [-0.05, 0) is 62.4 Å². The van der Waals surface area contributed by atoms with Crippen LogP contribution in [0.2, 0.25) is 5.02 Å². The number of carbonyl (C=O) groups excluding carboxylic acids is 1. The molecule has 1 atom stereocenters. The Bertz CT molecular complexity index is 492. The van der Waals surface area contributed by atoms with Crippen LogP contribution in [0.5, 0.6) is 5.75 Å². The van der Waals surface area contributed by atoms with Gasteiger partial charge in [0.2, 0.25) is 0 Å². The summed E-state index contributed by atoms with van der Waals surface area (Å²) < 4.78 is 5.54. The summed E-state index contributed by atoms with van der Waals surface area (Å²) in [5, 5.41) is 4.25. The highest BCUT2D eigenvalue weighted by atomic mass is 35.5. The molecule has 2 saturated heterocycles. The Morgan fingerprint density at radius 1 is 1.23 bits per heavy atom. The van der Waals surface area contributed by atoms with E-state index in [9.17, 15) is 4.79 Å². The van der Waals surface area contributed by atoms with E-state index in [-0.39, 0.29) is 12.5 Å². The molecule has 0 radical (unpaired) electrons. The minimum Gasteiger partial charge on any atom is -0.484 e. The van der Waals surface area contributed by atoms with Gasteiger partial charge in [0.25, 0.3) is 5.91 Å². The zero-order chi connectivity index (χ0) is 15.4.